The molecule has 0 fully saturated rings. The van der Waals surface area contributed by atoms with Crippen LogP contribution in [0.4, 0.5) is 13.2 Å². The quantitative estimate of drug-likeness (QED) is 0.588. The molecule has 23 heavy (non-hydrogen) atoms. The van der Waals surface area contributed by atoms with Gasteiger partial charge in [-0.2, -0.15) is 13.2 Å². The van der Waals surface area contributed by atoms with E-state index in [1.165, 1.54) is 11.3 Å². The van der Waals surface area contributed by atoms with Crippen LogP contribution in [-0.2, 0) is 6.42 Å². The third-order valence-electron chi connectivity index (χ3n) is 3.63. The number of nitrogens with zero attached hydrogens (tertiary/aromatic N) is 2. The third kappa shape index (κ3) is 5.20. The average molecular weight is 346 g/mol. The zero-order valence-corrected chi connectivity index (χ0v) is 14.4. The Morgan fingerprint density at radius 3 is 2.39 bits per heavy atom. The van der Waals surface area contributed by atoms with Crippen molar-refractivity contribution < 1.29 is 13.2 Å². The number of allylic oxidation sites excluding steroid dienone is 1. The summed E-state index contributed by atoms with van der Waals surface area (Å²) in [4.78, 5) is 14.0. The summed E-state index contributed by atoms with van der Waals surface area (Å²) in [7, 11) is 0. The smallest absolute Gasteiger partial charge is 0.371 e. The first kappa shape index (κ1) is 19.4. The van der Waals surface area contributed by atoms with Crippen molar-refractivity contribution in [3.05, 3.63) is 44.6 Å². The lowest BCUT2D eigenvalue weighted by molar-refractivity contribution is -0.136. The molecule has 128 valence electrons. The van der Waals surface area contributed by atoms with Crippen LogP contribution in [0.15, 0.2) is 24.0 Å². The lowest BCUT2D eigenvalue weighted by atomic mass is 10.0. The molecular weight excluding hydrogens is 325 g/mol. The summed E-state index contributed by atoms with van der Waals surface area (Å²) >= 11 is 1.50. The first-order valence-corrected chi connectivity index (χ1v) is 8.03. The Morgan fingerprint density at radius 2 is 1.91 bits per heavy atom. The predicted molar refractivity (Wildman–Crippen MR) is 89.4 cm³/mol. The third-order valence-corrected chi connectivity index (χ3v) is 4.84. The van der Waals surface area contributed by atoms with Crippen molar-refractivity contribution in [2.24, 2.45) is 5.18 Å². The minimum Gasteiger partial charge on any atom is -0.371 e. The molecule has 3 nitrogen and oxygen atoms in total. The Hall–Kier alpha value is -1.63. The second-order valence-electron chi connectivity index (χ2n) is 5.31. The summed E-state index contributed by atoms with van der Waals surface area (Å²) in [5.74, 6) is 0. The van der Waals surface area contributed by atoms with E-state index in [9.17, 15) is 18.1 Å². The molecule has 7 heteroatoms. The van der Waals surface area contributed by atoms with Gasteiger partial charge in [-0.05, 0) is 31.5 Å². The van der Waals surface area contributed by atoms with E-state index >= 15 is 0 Å². The lowest BCUT2D eigenvalue weighted by Crippen LogP contribution is -2.26. The molecule has 0 bridgehead atoms. The van der Waals surface area contributed by atoms with E-state index < -0.39 is 12.6 Å². The Balaban J connectivity index is 3.02. The number of thiophene rings is 1. The molecule has 1 heterocycles. The molecule has 0 aromatic carbocycles. The molecule has 0 aliphatic rings. The van der Waals surface area contributed by atoms with Crippen LogP contribution in [0.5, 0.6) is 0 Å². The van der Waals surface area contributed by atoms with Crippen LogP contribution in [-0.4, -0.2) is 24.2 Å². The number of halogens is 3. The molecule has 0 aliphatic carbocycles. The highest BCUT2D eigenvalue weighted by Gasteiger charge is 2.28. The molecule has 1 aromatic heterocycles. The van der Waals surface area contributed by atoms with Crippen LogP contribution in [0.2, 0.25) is 0 Å². The summed E-state index contributed by atoms with van der Waals surface area (Å²) in [5.41, 5.74) is 2.59. The van der Waals surface area contributed by atoms with E-state index in [-0.39, 0.29) is 12.2 Å². The fourth-order valence-electron chi connectivity index (χ4n) is 2.43. The van der Waals surface area contributed by atoms with Gasteiger partial charge >= 0.3 is 6.18 Å². The van der Waals surface area contributed by atoms with Gasteiger partial charge in [-0.1, -0.05) is 13.2 Å². The number of rotatable bonds is 8. The Morgan fingerprint density at radius 1 is 1.30 bits per heavy atom. The van der Waals surface area contributed by atoms with Crippen molar-refractivity contribution in [2.75, 3.05) is 13.1 Å². The van der Waals surface area contributed by atoms with Crippen molar-refractivity contribution in [2.45, 2.75) is 39.8 Å². The normalized spacial score (nSPS) is 11.4. The summed E-state index contributed by atoms with van der Waals surface area (Å²) in [5, 5.41) is 2.82. The monoisotopic (exact) mass is 346 g/mol. The minimum absolute atomic E-state index is 0.120. The Bertz CT molecular complexity index is 605. The molecule has 1 aromatic rings. The zero-order chi connectivity index (χ0) is 17.8. The topological polar surface area (TPSA) is 32.7 Å². The number of aryl methyl sites for hydroxylation is 1. The standard InChI is InChI=1S/C16H21F3N2OS/c1-6-21(8-7-16(17,18)19)12(4)15-11(3)14(23-13(15)5)9-10(2)20-22/h2,4,6-9H2,1,3,5H3. The van der Waals surface area contributed by atoms with Crippen LogP contribution in [0.1, 0.15) is 34.2 Å². The van der Waals surface area contributed by atoms with E-state index in [0.29, 0.717) is 18.7 Å². The van der Waals surface area contributed by atoms with Crippen LogP contribution in [0, 0.1) is 18.8 Å². The van der Waals surface area contributed by atoms with E-state index in [2.05, 4.69) is 18.3 Å². The van der Waals surface area contributed by atoms with Crippen molar-refractivity contribution >= 4 is 17.0 Å². The molecule has 1 rings (SSSR count). The molecule has 0 aliphatic heterocycles. The van der Waals surface area contributed by atoms with Crippen molar-refractivity contribution in [1.82, 2.24) is 4.90 Å². The van der Waals surface area contributed by atoms with E-state index in [1.807, 2.05) is 13.8 Å². The van der Waals surface area contributed by atoms with E-state index in [0.717, 1.165) is 20.9 Å². The van der Waals surface area contributed by atoms with Crippen LogP contribution in [0.3, 0.4) is 0 Å². The summed E-state index contributed by atoms with van der Waals surface area (Å²) in [6.45, 7) is 13.5. The van der Waals surface area contributed by atoms with Gasteiger partial charge in [-0.25, -0.2) is 0 Å². The minimum atomic E-state index is -4.19. The number of hydrogen-bond acceptors (Lipinski definition) is 4. The number of hydrogen-bond donors (Lipinski definition) is 0. The van der Waals surface area contributed by atoms with E-state index in [4.69, 9.17) is 0 Å². The Kier molecular flexibility index (Phi) is 6.56. The van der Waals surface area contributed by atoms with Gasteiger partial charge in [0.05, 0.1) is 12.1 Å². The van der Waals surface area contributed by atoms with Gasteiger partial charge in [0.1, 0.15) is 0 Å². The molecule has 0 radical (unpaired) electrons. The van der Waals surface area contributed by atoms with Crippen molar-refractivity contribution in [1.29, 1.82) is 0 Å². The molecule has 0 saturated heterocycles. The zero-order valence-electron chi connectivity index (χ0n) is 13.6. The molecule has 0 atom stereocenters. The van der Waals surface area contributed by atoms with Crippen LogP contribution in [0.25, 0.3) is 5.70 Å². The molecule has 0 unspecified atom stereocenters. The number of nitroso groups, excluding NO2 is 1. The van der Waals surface area contributed by atoms with Gasteiger partial charge in [-0.15, -0.1) is 16.2 Å². The van der Waals surface area contributed by atoms with Crippen molar-refractivity contribution in [3.8, 4) is 0 Å². The van der Waals surface area contributed by atoms with E-state index in [1.54, 1.807) is 11.8 Å². The first-order valence-electron chi connectivity index (χ1n) is 7.21. The summed E-state index contributed by atoms with van der Waals surface area (Å²) < 4.78 is 37.4. The molecule has 0 spiro atoms. The average Bonchev–Trinajstić information content (AvgIpc) is 2.72. The summed E-state index contributed by atoms with van der Waals surface area (Å²) in [6, 6.07) is 0. The van der Waals surface area contributed by atoms with Crippen molar-refractivity contribution in [3.63, 3.8) is 0 Å². The van der Waals surface area contributed by atoms with Gasteiger partial charge in [0.2, 0.25) is 0 Å². The predicted octanol–water partition coefficient (Wildman–Crippen LogP) is 5.43. The maximum absolute atomic E-state index is 12.5. The summed E-state index contributed by atoms with van der Waals surface area (Å²) in [6.07, 6.45) is -4.71. The van der Waals surface area contributed by atoms with Crippen LogP contribution >= 0.6 is 11.3 Å². The highest BCUT2D eigenvalue weighted by atomic mass is 32.1. The molecule has 0 saturated carbocycles. The first-order chi connectivity index (χ1) is 10.6. The highest BCUT2D eigenvalue weighted by Crippen LogP contribution is 2.35. The number of alkyl halides is 3. The second-order valence-corrected chi connectivity index (χ2v) is 6.62. The maximum Gasteiger partial charge on any atom is 0.390 e. The van der Waals surface area contributed by atoms with Crippen LogP contribution < -0.4 is 0 Å². The van der Waals surface area contributed by atoms with Gasteiger partial charge < -0.3 is 4.90 Å². The van der Waals surface area contributed by atoms with Gasteiger partial charge in [0.25, 0.3) is 0 Å². The van der Waals surface area contributed by atoms with Gasteiger partial charge in [-0.3, -0.25) is 0 Å². The molecular formula is C16H21F3N2OS. The SMILES string of the molecule is C=C(Cc1sc(C)c(C(=C)N(CC)CCC(F)(F)F)c1C)N=O. The Labute approximate surface area is 138 Å². The second kappa shape index (κ2) is 7.77. The molecule has 0 N–H and O–H groups in total. The van der Waals surface area contributed by atoms with Gasteiger partial charge in [0.15, 0.2) is 0 Å². The maximum atomic E-state index is 12.5. The molecule has 0 amide bonds. The highest BCUT2D eigenvalue weighted by molar-refractivity contribution is 7.12. The lowest BCUT2D eigenvalue weighted by Gasteiger charge is -2.26. The fraction of sp³-hybridized carbons (Fsp3) is 0.500. The largest absolute Gasteiger partial charge is 0.390 e. The van der Waals surface area contributed by atoms with Gasteiger partial charge in [0, 0.05) is 40.5 Å². The fourth-order valence-corrected chi connectivity index (χ4v) is 3.66.